The summed E-state index contributed by atoms with van der Waals surface area (Å²) >= 11 is 0. The second-order valence-corrected chi connectivity index (χ2v) is 1.97. The number of rotatable bonds is 5. The van der Waals surface area contributed by atoms with Crippen LogP contribution in [0.25, 0.3) is 0 Å². The van der Waals surface area contributed by atoms with E-state index in [1.807, 2.05) is 12.2 Å². The molecule has 0 aliphatic carbocycles. The van der Waals surface area contributed by atoms with Crippen LogP contribution in [0.3, 0.4) is 0 Å². The highest BCUT2D eigenvalue weighted by atomic mass is 16.5. The maximum atomic E-state index is 5.07. The largest absolute Gasteiger partial charge is 0.497 e. The number of allylic oxidation sites excluding steroid dienone is 2. The summed E-state index contributed by atoms with van der Waals surface area (Å²) in [7, 11) is 0. The lowest BCUT2D eigenvalue weighted by Crippen LogP contribution is -1.79. The molecule has 0 atom stereocenters. The molecule has 0 fully saturated rings. The molecule has 10 heavy (non-hydrogen) atoms. The molecule has 0 N–H and O–H groups in total. The first-order valence-electron chi connectivity index (χ1n) is 3.62. The lowest BCUT2D eigenvalue weighted by Gasteiger charge is -1.91. The standard InChI is InChI=1S/C9H15O/c1-3-5-7-9-10-8-6-4-2/h4,6-7,9H,2-3,5,8H2,1H3. The molecule has 0 aliphatic rings. The van der Waals surface area contributed by atoms with E-state index in [2.05, 4.69) is 13.8 Å². The average molecular weight is 139 g/mol. The van der Waals surface area contributed by atoms with Crippen molar-refractivity contribution in [3.8, 4) is 0 Å². The third kappa shape index (κ3) is 7.28. The second kappa shape index (κ2) is 8.28. The Morgan fingerprint density at radius 1 is 1.40 bits per heavy atom. The van der Waals surface area contributed by atoms with E-state index in [1.165, 1.54) is 6.42 Å². The van der Waals surface area contributed by atoms with Crippen molar-refractivity contribution < 1.29 is 4.74 Å². The molecule has 0 rings (SSSR count). The molecule has 0 aromatic carbocycles. The van der Waals surface area contributed by atoms with Gasteiger partial charge in [-0.1, -0.05) is 25.5 Å². The summed E-state index contributed by atoms with van der Waals surface area (Å²) in [6, 6.07) is 0. The summed E-state index contributed by atoms with van der Waals surface area (Å²) in [4.78, 5) is 0. The summed E-state index contributed by atoms with van der Waals surface area (Å²) in [6.45, 7) is 6.30. The number of hydrogen-bond acceptors (Lipinski definition) is 1. The summed E-state index contributed by atoms with van der Waals surface area (Å²) < 4.78 is 5.07. The molecule has 0 saturated carbocycles. The zero-order chi connectivity index (χ0) is 7.66. The van der Waals surface area contributed by atoms with Gasteiger partial charge in [0.15, 0.2) is 0 Å². The predicted octanol–water partition coefficient (Wildman–Crippen LogP) is 2.71. The molecule has 0 heterocycles. The quantitative estimate of drug-likeness (QED) is 0.420. The molecule has 0 aliphatic heterocycles. The first-order chi connectivity index (χ1) is 4.91. The maximum absolute atomic E-state index is 5.07. The van der Waals surface area contributed by atoms with Crippen LogP contribution in [0.15, 0.2) is 24.5 Å². The van der Waals surface area contributed by atoms with Gasteiger partial charge in [0.1, 0.15) is 6.61 Å². The van der Waals surface area contributed by atoms with E-state index >= 15 is 0 Å². The van der Waals surface area contributed by atoms with Gasteiger partial charge < -0.3 is 4.74 Å². The lowest BCUT2D eigenvalue weighted by molar-refractivity contribution is 0.288. The summed E-state index contributed by atoms with van der Waals surface area (Å²) in [5.74, 6) is 0. The molecule has 1 nitrogen and oxygen atoms in total. The van der Waals surface area contributed by atoms with Crippen molar-refractivity contribution in [2.75, 3.05) is 6.61 Å². The van der Waals surface area contributed by atoms with Crippen LogP contribution in [0.1, 0.15) is 19.8 Å². The Bertz CT molecular complexity index is 103. The number of ether oxygens (including phenoxy) is 1. The molecule has 0 unspecified atom stereocenters. The van der Waals surface area contributed by atoms with Crippen LogP contribution in [-0.4, -0.2) is 6.61 Å². The molecule has 1 radical (unpaired) electrons. The molecular weight excluding hydrogens is 124 g/mol. The third-order valence-corrected chi connectivity index (χ3v) is 1.01. The first-order valence-corrected chi connectivity index (χ1v) is 3.62. The minimum absolute atomic E-state index is 0.629. The Labute approximate surface area is 63.4 Å². The molecule has 0 amide bonds. The van der Waals surface area contributed by atoms with Gasteiger partial charge in [-0.05, 0) is 19.4 Å². The van der Waals surface area contributed by atoms with Crippen LogP contribution >= 0.6 is 0 Å². The average Bonchev–Trinajstić information content (AvgIpc) is 1.97. The van der Waals surface area contributed by atoms with Gasteiger partial charge in [0.25, 0.3) is 0 Å². The smallest absolute Gasteiger partial charge is 0.105 e. The van der Waals surface area contributed by atoms with Crippen molar-refractivity contribution in [1.82, 2.24) is 0 Å². The van der Waals surface area contributed by atoms with Crippen molar-refractivity contribution in [2.24, 2.45) is 0 Å². The van der Waals surface area contributed by atoms with E-state index in [4.69, 9.17) is 4.74 Å². The normalized spacial score (nSPS) is 11.4. The van der Waals surface area contributed by atoms with E-state index in [9.17, 15) is 0 Å². The number of unbranched alkanes of at least 4 members (excludes halogenated alkanes) is 1. The van der Waals surface area contributed by atoms with Gasteiger partial charge >= 0.3 is 0 Å². The molecule has 0 spiro atoms. The zero-order valence-electron chi connectivity index (χ0n) is 6.55. The SMILES string of the molecule is [CH2]C=CCOC=CCCC. The second-order valence-electron chi connectivity index (χ2n) is 1.97. The topological polar surface area (TPSA) is 9.23 Å². The summed E-state index contributed by atoms with van der Waals surface area (Å²) in [5, 5.41) is 0. The Hall–Kier alpha value is -0.720. The Morgan fingerprint density at radius 3 is 2.80 bits per heavy atom. The van der Waals surface area contributed by atoms with Crippen LogP contribution in [-0.2, 0) is 4.74 Å². The van der Waals surface area contributed by atoms with Gasteiger partial charge in [0.2, 0.25) is 0 Å². The van der Waals surface area contributed by atoms with Crippen molar-refractivity contribution in [3.05, 3.63) is 31.4 Å². The molecule has 0 aromatic heterocycles. The van der Waals surface area contributed by atoms with Gasteiger partial charge in [-0.25, -0.2) is 0 Å². The highest BCUT2D eigenvalue weighted by molar-refractivity contribution is 4.84. The van der Waals surface area contributed by atoms with Crippen LogP contribution in [0.4, 0.5) is 0 Å². The molecule has 57 valence electrons. The fourth-order valence-electron chi connectivity index (χ4n) is 0.482. The van der Waals surface area contributed by atoms with Crippen molar-refractivity contribution in [1.29, 1.82) is 0 Å². The van der Waals surface area contributed by atoms with Gasteiger partial charge in [-0.2, -0.15) is 0 Å². The molecule has 0 saturated heterocycles. The fraction of sp³-hybridized carbons (Fsp3) is 0.444. The first kappa shape index (κ1) is 9.28. The minimum Gasteiger partial charge on any atom is -0.497 e. The van der Waals surface area contributed by atoms with Gasteiger partial charge in [0, 0.05) is 0 Å². The Balaban J connectivity index is 3.02. The van der Waals surface area contributed by atoms with Gasteiger partial charge in [-0.15, -0.1) is 0 Å². The monoisotopic (exact) mass is 139 g/mol. The van der Waals surface area contributed by atoms with Crippen LogP contribution in [0.5, 0.6) is 0 Å². The van der Waals surface area contributed by atoms with Crippen molar-refractivity contribution in [3.63, 3.8) is 0 Å². The predicted molar refractivity (Wildman–Crippen MR) is 44.5 cm³/mol. The van der Waals surface area contributed by atoms with Crippen LogP contribution in [0.2, 0.25) is 0 Å². The van der Waals surface area contributed by atoms with Crippen LogP contribution in [0, 0.1) is 6.92 Å². The minimum atomic E-state index is 0.629. The van der Waals surface area contributed by atoms with E-state index in [-0.39, 0.29) is 0 Å². The van der Waals surface area contributed by atoms with E-state index in [0.717, 1.165) is 6.42 Å². The Morgan fingerprint density at radius 2 is 2.20 bits per heavy atom. The lowest BCUT2D eigenvalue weighted by atomic mass is 10.3. The zero-order valence-corrected chi connectivity index (χ0v) is 6.55. The molecular formula is C9H15O. The summed E-state index contributed by atoms with van der Waals surface area (Å²) in [6.07, 6.45) is 9.63. The maximum Gasteiger partial charge on any atom is 0.105 e. The fourth-order valence-corrected chi connectivity index (χ4v) is 0.482. The molecule has 0 bridgehead atoms. The molecule has 1 heteroatoms. The van der Waals surface area contributed by atoms with Crippen molar-refractivity contribution >= 4 is 0 Å². The van der Waals surface area contributed by atoms with E-state index in [0.29, 0.717) is 6.61 Å². The Kier molecular flexibility index (Phi) is 7.68. The van der Waals surface area contributed by atoms with Gasteiger partial charge in [-0.3, -0.25) is 0 Å². The van der Waals surface area contributed by atoms with Gasteiger partial charge in [0.05, 0.1) is 6.26 Å². The van der Waals surface area contributed by atoms with Crippen LogP contribution < -0.4 is 0 Å². The van der Waals surface area contributed by atoms with Crippen molar-refractivity contribution in [2.45, 2.75) is 19.8 Å². The highest BCUT2D eigenvalue weighted by Crippen LogP contribution is 1.88. The summed E-state index contributed by atoms with van der Waals surface area (Å²) in [5.41, 5.74) is 0. The number of hydrogen-bond donors (Lipinski definition) is 0. The van der Waals surface area contributed by atoms with E-state index in [1.54, 1.807) is 12.3 Å². The highest BCUT2D eigenvalue weighted by Gasteiger charge is 1.73. The third-order valence-electron chi connectivity index (χ3n) is 1.01. The molecule has 0 aromatic rings. The van der Waals surface area contributed by atoms with E-state index < -0.39 is 0 Å².